The predicted molar refractivity (Wildman–Crippen MR) is 32.4 cm³/mol. The summed E-state index contributed by atoms with van der Waals surface area (Å²) in [7, 11) is -4.33. The van der Waals surface area contributed by atoms with Crippen LogP contribution < -0.4 is 4.72 Å². The highest BCUT2D eigenvalue weighted by atomic mass is 32.2. The van der Waals surface area contributed by atoms with Crippen molar-refractivity contribution >= 4 is 10.3 Å². The van der Waals surface area contributed by atoms with Gasteiger partial charge < -0.3 is 10.2 Å². The Bertz CT molecular complexity index is 189. The minimum absolute atomic E-state index is 0.647. The Morgan fingerprint density at radius 3 is 2.00 bits per heavy atom. The molecule has 0 aromatic heterocycles. The van der Waals surface area contributed by atoms with E-state index in [9.17, 15) is 8.42 Å². The quantitative estimate of drug-likeness (QED) is 0.292. The minimum Gasteiger partial charge on any atom is -0.365 e. The summed E-state index contributed by atoms with van der Waals surface area (Å²) in [5, 5.41) is 17.0. The lowest BCUT2D eigenvalue weighted by Gasteiger charge is -2.14. The molecule has 0 aromatic carbocycles. The van der Waals surface area contributed by atoms with Crippen LogP contribution in [0.3, 0.4) is 0 Å². The van der Waals surface area contributed by atoms with Crippen molar-refractivity contribution in [1.29, 1.82) is 0 Å². The molecular formula is C3H9NO5S. The fourth-order valence-corrected chi connectivity index (χ4v) is 0.684. The van der Waals surface area contributed by atoms with Crippen LogP contribution in [0.5, 0.6) is 0 Å². The highest BCUT2D eigenvalue weighted by Crippen LogP contribution is 1.92. The van der Waals surface area contributed by atoms with Crippen LogP contribution in [-0.2, 0) is 10.3 Å². The molecule has 0 unspecified atom stereocenters. The molecular weight excluding hydrogens is 162 g/mol. The maximum absolute atomic E-state index is 9.90. The van der Waals surface area contributed by atoms with Crippen LogP contribution in [0.25, 0.3) is 0 Å². The molecule has 0 aliphatic carbocycles. The predicted octanol–water partition coefficient (Wildman–Crippen LogP) is -1.92. The van der Waals surface area contributed by atoms with Crippen molar-refractivity contribution < 1.29 is 23.2 Å². The Morgan fingerprint density at radius 1 is 1.50 bits per heavy atom. The first kappa shape index (κ1) is 9.79. The first-order valence-electron chi connectivity index (χ1n) is 2.37. The first-order chi connectivity index (χ1) is 4.21. The molecule has 6 nitrogen and oxygen atoms in total. The third-order valence-electron chi connectivity index (χ3n) is 0.589. The molecule has 0 atom stereocenters. The molecule has 0 amide bonds. The molecule has 7 heteroatoms. The largest absolute Gasteiger partial charge is 0.365 e. The SMILES string of the molecule is CC(O)(O)CNS(=O)(=O)O. The summed E-state index contributed by atoms with van der Waals surface area (Å²) >= 11 is 0. The van der Waals surface area contributed by atoms with Crippen molar-refractivity contribution in [2.24, 2.45) is 0 Å². The molecule has 10 heavy (non-hydrogen) atoms. The second-order valence-corrected chi connectivity index (χ2v) is 3.25. The van der Waals surface area contributed by atoms with Crippen LogP contribution in [0, 0.1) is 0 Å². The molecule has 62 valence electrons. The van der Waals surface area contributed by atoms with Gasteiger partial charge in [-0.25, -0.2) is 0 Å². The Kier molecular flexibility index (Phi) is 2.75. The fraction of sp³-hybridized carbons (Fsp3) is 1.00. The minimum atomic E-state index is -4.33. The smallest absolute Gasteiger partial charge is 0.333 e. The van der Waals surface area contributed by atoms with E-state index in [1.165, 1.54) is 4.72 Å². The Balaban J connectivity index is 3.79. The van der Waals surface area contributed by atoms with E-state index in [-0.39, 0.29) is 0 Å². The van der Waals surface area contributed by atoms with Gasteiger partial charge >= 0.3 is 10.3 Å². The van der Waals surface area contributed by atoms with Crippen LogP contribution in [0.15, 0.2) is 0 Å². The van der Waals surface area contributed by atoms with Crippen LogP contribution >= 0.6 is 0 Å². The average Bonchev–Trinajstić information content (AvgIpc) is 1.57. The van der Waals surface area contributed by atoms with Gasteiger partial charge in [0.15, 0.2) is 5.79 Å². The number of aliphatic hydroxyl groups is 2. The van der Waals surface area contributed by atoms with Crippen LogP contribution in [0.4, 0.5) is 0 Å². The monoisotopic (exact) mass is 171 g/mol. The van der Waals surface area contributed by atoms with Gasteiger partial charge in [0.1, 0.15) is 0 Å². The highest BCUT2D eigenvalue weighted by Gasteiger charge is 2.17. The molecule has 0 spiro atoms. The topological polar surface area (TPSA) is 107 Å². The summed E-state index contributed by atoms with van der Waals surface area (Å²) in [6, 6.07) is 0. The van der Waals surface area contributed by atoms with E-state index < -0.39 is 22.6 Å². The zero-order valence-corrected chi connectivity index (χ0v) is 6.09. The van der Waals surface area contributed by atoms with Crippen molar-refractivity contribution in [2.75, 3.05) is 6.54 Å². The number of hydrogen-bond donors (Lipinski definition) is 4. The fourth-order valence-electron chi connectivity index (χ4n) is 0.228. The number of nitrogens with one attached hydrogen (secondary N) is 1. The zero-order chi connectivity index (χ0) is 8.41. The van der Waals surface area contributed by atoms with Crippen molar-refractivity contribution in [3.8, 4) is 0 Å². The normalized spacial score (nSPS) is 13.6. The van der Waals surface area contributed by atoms with Gasteiger partial charge in [-0.05, 0) is 6.92 Å². The highest BCUT2D eigenvalue weighted by molar-refractivity contribution is 7.83. The van der Waals surface area contributed by atoms with Gasteiger partial charge in [0.05, 0.1) is 6.54 Å². The lowest BCUT2D eigenvalue weighted by molar-refractivity contribution is -0.137. The summed E-state index contributed by atoms with van der Waals surface area (Å²) in [6.45, 7) is 0.330. The Hall–Kier alpha value is -0.210. The summed E-state index contributed by atoms with van der Waals surface area (Å²) in [6.07, 6.45) is 0. The van der Waals surface area contributed by atoms with Gasteiger partial charge in [0.2, 0.25) is 0 Å². The van der Waals surface area contributed by atoms with Gasteiger partial charge in [0.25, 0.3) is 0 Å². The van der Waals surface area contributed by atoms with Gasteiger partial charge in [-0.3, -0.25) is 4.55 Å². The number of rotatable bonds is 3. The van der Waals surface area contributed by atoms with E-state index >= 15 is 0 Å². The lowest BCUT2D eigenvalue weighted by atomic mass is 10.3. The van der Waals surface area contributed by atoms with Crippen molar-refractivity contribution in [3.05, 3.63) is 0 Å². The lowest BCUT2D eigenvalue weighted by Crippen LogP contribution is -2.39. The van der Waals surface area contributed by atoms with Gasteiger partial charge in [-0.1, -0.05) is 0 Å². The van der Waals surface area contributed by atoms with E-state index in [0.29, 0.717) is 0 Å². The molecule has 0 fully saturated rings. The standard InChI is InChI=1S/C3H9NO5S/c1-3(5,6)2-4-10(7,8)9/h4-6H,2H2,1H3,(H,7,8,9). The molecule has 0 rings (SSSR count). The zero-order valence-electron chi connectivity index (χ0n) is 5.27. The Labute approximate surface area is 58.4 Å². The molecule has 4 N–H and O–H groups in total. The van der Waals surface area contributed by atoms with Crippen LogP contribution in [0.1, 0.15) is 6.92 Å². The van der Waals surface area contributed by atoms with Gasteiger partial charge in [-0.2, -0.15) is 13.1 Å². The molecule has 0 saturated carbocycles. The molecule has 0 saturated heterocycles. The van der Waals surface area contributed by atoms with E-state index in [1.54, 1.807) is 0 Å². The second-order valence-electron chi connectivity index (χ2n) is 2.01. The van der Waals surface area contributed by atoms with E-state index in [1.807, 2.05) is 0 Å². The maximum atomic E-state index is 9.90. The maximum Gasteiger partial charge on any atom is 0.333 e. The Morgan fingerprint density at radius 2 is 1.90 bits per heavy atom. The van der Waals surface area contributed by atoms with Crippen molar-refractivity contribution in [1.82, 2.24) is 4.72 Å². The summed E-state index contributed by atoms with van der Waals surface area (Å²) < 4.78 is 29.3. The third kappa shape index (κ3) is 7.79. The van der Waals surface area contributed by atoms with Crippen LogP contribution in [-0.4, -0.2) is 35.5 Å². The van der Waals surface area contributed by atoms with Crippen LogP contribution in [0.2, 0.25) is 0 Å². The second kappa shape index (κ2) is 2.81. The summed E-state index contributed by atoms with van der Waals surface area (Å²) in [5.74, 6) is -2.14. The summed E-state index contributed by atoms with van der Waals surface area (Å²) in [4.78, 5) is 0. The number of hydrogen-bond acceptors (Lipinski definition) is 4. The molecule has 0 bridgehead atoms. The third-order valence-corrected chi connectivity index (χ3v) is 1.10. The van der Waals surface area contributed by atoms with E-state index in [4.69, 9.17) is 14.8 Å². The molecule has 0 aliphatic rings. The first-order valence-corrected chi connectivity index (χ1v) is 3.81. The summed E-state index contributed by atoms with van der Waals surface area (Å²) in [5.41, 5.74) is 0. The van der Waals surface area contributed by atoms with Crippen molar-refractivity contribution in [2.45, 2.75) is 12.7 Å². The van der Waals surface area contributed by atoms with Gasteiger partial charge in [-0.15, -0.1) is 0 Å². The molecule has 0 aromatic rings. The van der Waals surface area contributed by atoms with Gasteiger partial charge in [0, 0.05) is 0 Å². The van der Waals surface area contributed by atoms with E-state index in [0.717, 1.165) is 6.92 Å². The molecule has 0 radical (unpaired) electrons. The van der Waals surface area contributed by atoms with E-state index in [2.05, 4.69) is 0 Å². The van der Waals surface area contributed by atoms with Crippen molar-refractivity contribution in [3.63, 3.8) is 0 Å². The molecule has 0 aliphatic heterocycles. The molecule has 0 heterocycles. The average molecular weight is 171 g/mol.